The molecular formula is C42H30F6N4O2. The van der Waals surface area contributed by atoms with E-state index in [0.29, 0.717) is 10.8 Å². The zero-order valence-electron chi connectivity index (χ0n) is 28.1. The molecule has 272 valence electrons. The summed E-state index contributed by atoms with van der Waals surface area (Å²) in [6.07, 6.45) is -10.2. The highest BCUT2D eigenvalue weighted by atomic mass is 19.4. The van der Waals surface area contributed by atoms with E-state index in [0.717, 1.165) is 20.8 Å². The highest BCUT2D eigenvalue weighted by Gasteiger charge is 2.74. The van der Waals surface area contributed by atoms with E-state index < -0.39 is 59.1 Å². The molecule has 0 radical (unpaired) electrons. The lowest BCUT2D eigenvalue weighted by Crippen LogP contribution is -2.74. The zero-order valence-corrected chi connectivity index (χ0v) is 28.1. The van der Waals surface area contributed by atoms with Crippen LogP contribution in [0.5, 0.6) is 0 Å². The number of hydrogen-bond donors (Lipinski definition) is 2. The van der Waals surface area contributed by atoms with Gasteiger partial charge in [-0.1, -0.05) is 146 Å². The fourth-order valence-electron chi connectivity index (χ4n) is 8.64. The number of alkyl halides is 6. The van der Waals surface area contributed by atoms with Crippen LogP contribution in [0.1, 0.15) is 34.1 Å². The van der Waals surface area contributed by atoms with Crippen LogP contribution < -0.4 is 0 Å². The van der Waals surface area contributed by atoms with Gasteiger partial charge in [-0.3, -0.25) is 10.0 Å². The van der Waals surface area contributed by atoms with Crippen molar-refractivity contribution in [2.24, 2.45) is 10.2 Å². The summed E-state index contributed by atoms with van der Waals surface area (Å²) >= 11 is 0. The number of nitrogens with zero attached hydrogens (tertiary/aromatic N) is 4. The summed E-state index contributed by atoms with van der Waals surface area (Å²) in [6, 6.07) is 34.8. The number of benzene rings is 6. The van der Waals surface area contributed by atoms with Gasteiger partial charge in [-0.25, -0.2) is 0 Å². The van der Waals surface area contributed by atoms with E-state index in [1.54, 1.807) is 84.9 Å². The van der Waals surface area contributed by atoms with E-state index in [1.165, 1.54) is 60.7 Å². The Bertz CT molecular complexity index is 2300. The highest BCUT2D eigenvalue weighted by Crippen LogP contribution is 2.61. The molecule has 2 unspecified atom stereocenters. The van der Waals surface area contributed by atoms with E-state index >= 15 is 26.3 Å². The first-order valence-electron chi connectivity index (χ1n) is 17.2. The molecule has 0 saturated carbocycles. The third-order valence-corrected chi connectivity index (χ3v) is 10.9. The Morgan fingerprint density at radius 1 is 0.444 bits per heavy atom. The van der Waals surface area contributed by atoms with Gasteiger partial charge in [-0.05, 0) is 32.7 Å². The topological polar surface area (TPSA) is 71.7 Å². The minimum atomic E-state index is -5.09. The van der Waals surface area contributed by atoms with Gasteiger partial charge in [0.2, 0.25) is 11.4 Å². The lowest BCUT2D eigenvalue weighted by molar-refractivity contribution is -0.311. The van der Waals surface area contributed by atoms with Crippen molar-refractivity contribution in [2.75, 3.05) is 0 Å². The maximum atomic E-state index is 15.4. The average Bonchev–Trinajstić information content (AvgIpc) is 3.81. The maximum Gasteiger partial charge on any atom is 0.431 e. The minimum absolute atomic E-state index is 0.0334. The molecule has 0 aliphatic carbocycles. The fraction of sp³-hybridized carbons (Fsp3) is 0.190. The summed E-state index contributed by atoms with van der Waals surface area (Å²) in [5.74, 6) is -3.61. The molecule has 3 aliphatic heterocycles. The third-order valence-electron chi connectivity index (χ3n) is 10.9. The van der Waals surface area contributed by atoms with Gasteiger partial charge >= 0.3 is 12.4 Å². The Hall–Kier alpha value is -5.72. The van der Waals surface area contributed by atoms with E-state index in [4.69, 9.17) is 0 Å². The van der Waals surface area contributed by atoms with E-state index in [2.05, 4.69) is 10.2 Å². The van der Waals surface area contributed by atoms with Gasteiger partial charge in [0, 0.05) is 11.1 Å². The Morgan fingerprint density at radius 2 is 0.778 bits per heavy atom. The van der Waals surface area contributed by atoms with Crippen molar-refractivity contribution in [1.29, 1.82) is 0 Å². The first-order chi connectivity index (χ1) is 25.8. The van der Waals surface area contributed by atoms with Crippen LogP contribution in [0.3, 0.4) is 0 Å². The highest BCUT2D eigenvalue weighted by molar-refractivity contribution is 6.00. The molecule has 9 rings (SSSR count). The van der Waals surface area contributed by atoms with Crippen molar-refractivity contribution in [1.82, 2.24) is 10.0 Å². The van der Waals surface area contributed by atoms with Gasteiger partial charge in [0.15, 0.2) is 11.4 Å². The Balaban J connectivity index is 1.38. The predicted molar refractivity (Wildman–Crippen MR) is 192 cm³/mol. The Morgan fingerprint density at radius 3 is 1.13 bits per heavy atom. The molecule has 12 heteroatoms. The first kappa shape index (κ1) is 34.1. The number of hydrazone groups is 2. The predicted octanol–water partition coefficient (Wildman–Crippen LogP) is 8.77. The standard InChI is InChI=1S/C42H30F6N4O2/c43-41(44,45)35-33(29-21-19-25-11-7-9-13-27(25)23-29)37-39(53,31-15-3-1-4-16-31)51-38(40(54,52(37)50-35)32-17-5-2-6-18-32)34(36(49-51)42(46,47)48)30-22-20-26-12-8-10-14-28(26)24-30/h1-24,33-34,37-38,53-54H/t33-,34-,37?,38?,39+,40+/m1/s1. The molecule has 6 nitrogen and oxygen atoms in total. The van der Waals surface area contributed by atoms with E-state index in [-0.39, 0.29) is 22.3 Å². The Kier molecular flexibility index (Phi) is 7.50. The monoisotopic (exact) mass is 736 g/mol. The van der Waals surface area contributed by atoms with Crippen LogP contribution in [-0.4, -0.2) is 56.1 Å². The first-order valence-corrected chi connectivity index (χ1v) is 17.2. The second-order valence-corrected chi connectivity index (χ2v) is 13.9. The largest absolute Gasteiger partial charge is 0.431 e. The molecule has 2 N–H and O–H groups in total. The maximum absolute atomic E-state index is 15.4. The van der Waals surface area contributed by atoms with Gasteiger partial charge in [0.05, 0.1) is 11.8 Å². The molecule has 6 aromatic rings. The van der Waals surface area contributed by atoms with Crippen molar-refractivity contribution in [3.63, 3.8) is 0 Å². The SMILES string of the molecule is O[C@@]1(c2ccccc2)C2[C@H](c3ccc4ccccc4c3)C(C(F)(F)F)=NN2[C@](O)(c2ccccc2)C2[C@H](c3ccc4ccccc4c3)C(C(F)(F)F)=NN21. The van der Waals surface area contributed by atoms with Crippen molar-refractivity contribution >= 4 is 33.0 Å². The van der Waals surface area contributed by atoms with E-state index in [9.17, 15) is 10.2 Å². The molecule has 3 heterocycles. The molecule has 0 spiro atoms. The summed E-state index contributed by atoms with van der Waals surface area (Å²) in [4.78, 5) is 0. The lowest BCUT2D eigenvalue weighted by Gasteiger charge is -2.60. The number of fused-ring (bicyclic) bond motifs is 4. The zero-order chi connectivity index (χ0) is 37.6. The van der Waals surface area contributed by atoms with Crippen LogP contribution >= 0.6 is 0 Å². The van der Waals surface area contributed by atoms with Crippen LogP contribution in [0.15, 0.2) is 156 Å². The number of halogens is 6. The summed E-state index contributed by atoms with van der Waals surface area (Å²) < 4.78 is 92.7. The number of rotatable bonds is 4. The summed E-state index contributed by atoms with van der Waals surface area (Å²) in [6.45, 7) is 0. The molecule has 0 bridgehead atoms. The average molecular weight is 737 g/mol. The Labute approximate surface area is 304 Å². The van der Waals surface area contributed by atoms with Crippen LogP contribution in [0.2, 0.25) is 0 Å². The van der Waals surface area contributed by atoms with Crippen LogP contribution in [0.25, 0.3) is 21.5 Å². The van der Waals surface area contributed by atoms with Crippen molar-refractivity contribution in [3.8, 4) is 0 Å². The van der Waals surface area contributed by atoms with Gasteiger partial charge in [-0.2, -0.15) is 36.5 Å². The molecule has 1 saturated heterocycles. The number of piperazine rings is 1. The quantitative estimate of drug-likeness (QED) is 0.178. The molecule has 54 heavy (non-hydrogen) atoms. The molecule has 3 aliphatic rings. The van der Waals surface area contributed by atoms with Crippen LogP contribution in [-0.2, 0) is 11.4 Å². The summed E-state index contributed by atoms with van der Waals surface area (Å²) in [5, 5.41) is 39.3. The fourth-order valence-corrected chi connectivity index (χ4v) is 8.64. The third kappa shape index (κ3) is 4.96. The lowest BCUT2D eigenvalue weighted by atomic mass is 9.71. The summed E-state index contributed by atoms with van der Waals surface area (Å²) in [7, 11) is 0. The van der Waals surface area contributed by atoms with Gasteiger partial charge in [0.1, 0.15) is 12.1 Å². The molecule has 0 aromatic heterocycles. The second kappa shape index (κ2) is 11.9. The van der Waals surface area contributed by atoms with Crippen molar-refractivity contribution < 1.29 is 36.6 Å². The number of hydrogen-bond acceptors (Lipinski definition) is 6. The smallest absolute Gasteiger partial charge is 0.364 e. The normalized spacial score (nSPS) is 26.8. The van der Waals surface area contributed by atoms with Gasteiger partial charge in [0.25, 0.3) is 0 Å². The summed E-state index contributed by atoms with van der Waals surface area (Å²) in [5.41, 5.74) is -7.98. The molecular weight excluding hydrogens is 706 g/mol. The molecule has 6 aromatic carbocycles. The van der Waals surface area contributed by atoms with E-state index in [1.807, 2.05) is 0 Å². The van der Waals surface area contributed by atoms with Gasteiger partial charge < -0.3 is 10.2 Å². The van der Waals surface area contributed by atoms with Gasteiger partial charge in [-0.15, -0.1) is 0 Å². The molecule has 1 fully saturated rings. The van der Waals surface area contributed by atoms with Crippen LogP contribution in [0.4, 0.5) is 26.3 Å². The molecule has 6 atom stereocenters. The second-order valence-electron chi connectivity index (χ2n) is 13.9. The van der Waals surface area contributed by atoms with Crippen molar-refractivity contribution in [3.05, 3.63) is 168 Å². The van der Waals surface area contributed by atoms with Crippen molar-refractivity contribution in [2.45, 2.75) is 47.7 Å². The van der Waals surface area contributed by atoms with Crippen LogP contribution in [0, 0.1) is 0 Å². The number of aliphatic hydroxyl groups is 2. The molecule has 0 amide bonds. The minimum Gasteiger partial charge on any atom is -0.364 e.